The van der Waals surface area contributed by atoms with Gasteiger partial charge in [-0.2, -0.15) is 0 Å². The zero-order chi connectivity index (χ0) is 23.7. The van der Waals surface area contributed by atoms with Crippen molar-refractivity contribution in [1.29, 1.82) is 0 Å². The van der Waals surface area contributed by atoms with Crippen LogP contribution in [0.3, 0.4) is 0 Å². The number of likely N-dealkylation sites (N-methyl/N-ethyl adjacent to an activating group) is 1. The standard InChI is InChI=1S/C28H33N3O3/c1-28(27(33)30(2)24-11-12-24)19-25(29-34-28)22-9-6-10-23(18-22)26(32)31-15-13-21(14-16-31)17-20-7-4-3-5-8-20/h3-10,18,21,24H,11-17,19H2,1-2H3. The molecule has 0 N–H and O–H groups in total. The van der Waals surface area contributed by atoms with Crippen molar-refractivity contribution in [3.63, 3.8) is 0 Å². The number of rotatable bonds is 6. The van der Waals surface area contributed by atoms with E-state index < -0.39 is 5.60 Å². The van der Waals surface area contributed by atoms with Crippen LogP contribution in [0, 0.1) is 5.92 Å². The average molecular weight is 460 g/mol. The molecular weight excluding hydrogens is 426 g/mol. The maximum atomic E-state index is 13.2. The lowest BCUT2D eigenvalue weighted by Gasteiger charge is -2.32. The number of hydrogen-bond acceptors (Lipinski definition) is 4. The van der Waals surface area contributed by atoms with Crippen LogP contribution in [0.2, 0.25) is 0 Å². The predicted octanol–water partition coefficient (Wildman–Crippen LogP) is 4.29. The summed E-state index contributed by atoms with van der Waals surface area (Å²) >= 11 is 0. The van der Waals surface area contributed by atoms with E-state index in [1.54, 1.807) is 11.8 Å². The van der Waals surface area contributed by atoms with Crippen LogP contribution in [0.1, 0.15) is 60.5 Å². The first kappa shape index (κ1) is 22.6. The third kappa shape index (κ3) is 4.72. The van der Waals surface area contributed by atoms with Gasteiger partial charge in [-0.05, 0) is 62.6 Å². The van der Waals surface area contributed by atoms with Crippen LogP contribution in [0.25, 0.3) is 0 Å². The first-order chi connectivity index (χ1) is 16.4. The van der Waals surface area contributed by atoms with E-state index in [9.17, 15) is 9.59 Å². The van der Waals surface area contributed by atoms with Crippen LogP contribution >= 0.6 is 0 Å². The Labute approximate surface area is 201 Å². The Morgan fingerprint density at radius 1 is 1.06 bits per heavy atom. The average Bonchev–Trinajstić information content (AvgIpc) is 3.65. The Hall–Kier alpha value is -3.15. The van der Waals surface area contributed by atoms with E-state index in [4.69, 9.17) is 4.84 Å². The predicted molar refractivity (Wildman–Crippen MR) is 132 cm³/mol. The second kappa shape index (κ2) is 9.24. The number of hydrogen-bond donors (Lipinski definition) is 0. The van der Waals surface area contributed by atoms with Gasteiger partial charge in [0.15, 0.2) is 0 Å². The summed E-state index contributed by atoms with van der Waals surface area (Å²) in [5, 5.41) is 4.25. The zero-order valence-corrected chi connectivity index (χ0v) is 20.1. The molecule has 0 bridgehead atoms. The van der Waals surface area contributed by atoms with Gasteiger partial charge in [-0.1, -0.05) is 47.6 Å². The number of carbonyl (C=O) groups is 2. The van der Waals surface area contributed by atoms with Gasteiger partial charge in [0.2, 0.25) is 5.60 Å². The monoisotopic (exact) mass is 459 g/mol. The number of nitrogens with zero attached hydrogens (tertiary/aromatic N) is 3. The largest absolute Gasteiger partial charge is 0.379 e. The lowest BCUT2D eigenvalue weighted by atomic mass is 9.90. The molecule has 0 aromatic heterocycles. The Kier molecular flexibility index (Phi) is 6.15. The van der Waals surface area contributed by atoms with Gasteiger partial charge in [-0.25, -0.2) is 0 Å². The molecule has 1 saturated heterocycles. The fourth-order valence-electron chi connectivity index (χ4n) is 5.11. The van der Waals surface area contributed by atoms with Crippen molar-refractivity contribution in [2.24, 2.45) is 11.1 Å². The molecule has 1 atom stereocenters. The zero-order valence-electron chi connectivity index (χ0n) is 20.1. The summed E-state index contributed by atoms with van der Waals surface area (Å²) in [5.41, 5.74) is 2.62. The molecule has 5 rings (SSSR count). The summed E-state index contributed by atoms with van der Waals surface area (Å²) in [4.78, 5) is 35.6. The van der Waals surface area contributed by atoms with Crippen molar-refractivity contribution in [1.82, 2.24) is 9.80 Å². The van der Waals surface area contributed by atoms with E-state index >= 15 is 0 Å². The van der Waals surface area contributed by atoms with E-state index in [0.717, 1.165) is 56.5 Å². The fourth-order valence-corrected chi connectivity index (χ4v) is 5.11. The van der Waals surface area contributed by atoms with Crippen molar-refractivity contribution in [3.05, 3.63) is 71.3 Å². The summed E-state index contributed by atoms with van der Waals surface area (Å²) in [6.45, 7) is 3.37. The molecule has 1 aliphatic carbocycles. The maximum Gasteiger partial charge on any atom is 0.269 e. The molecule has 178 valence electrons. The summed E-state index contributed by atoms with van der Waals surface area (Å²) < 4.78 is 0. The highest BCUT2D eigenvalue weighted by molar-refractivity contribution is 6.07. The molecule has 2 aromatic carbocycles. The third-order valence-corrected chi connectivity index (χ3v) is 7.44. The Morgan fingerprint density at radius 3 is 2.50 bits per heavy atom. The van der Waals surface area contributed by atoms with Crippen LogP contribution in [0.15, 0.2) is 59.8 Å². The number of amides is 2. The molecule has 34 heavy (non-hydrogen) atoms. The lowest BCUT2D eigenvalue weighted by molar-refractivity contribution is -0.152. The molecule has 2 fully saturated rings. The van der Waals surface area contributed by atoms with Crippen molar-refractivity contribution >= 4 is 17.5 Å². The van der Waals surface area contributed by atoms with Gasteiger partial charge in [0.1, 0.15) is 0 Å². The summed E-state index contributed by atoms with van der Waals surface area (Å²) in [6.07, 6.45) is 5.64. The van der Waals surface area contributed by atoms with Crippen LogP contribution in [0.5, 0.6) is 0 Å². The number of oxime groups is 1. The molecule has 6 nitrogen and oxygen atoms in total. The molecule has 1 saturated carbocycles. The van der Waals surface area contributed by atoms with Crippen LogP contribution < -0.4 is 0 Å². The first-order valence-corrected chi connectivity index (χ1v) is 12.4. The second-order valence-corrected chi connectivity index (χ2v) is 10.2. The van der Waals surface area contributed by atoms with Crippen molar-refractivity contribution in [2.45, 2.75) is 57.1 Å². The van der Waals surface area contributed by atoms with E-state index in [2.05, 4.69) is 29.4 Å². The number of carbonyl (C=O) groups excluding carboxylic acids is 2. The minimum absolute atomic E-state index is 0.0284. The van der Waals surface area contributed by atoms with Crippen LogP contribution in [-0.4, -0.2) is 59.1 Å². The Morgan fingerprint density at radius 2 is 1.79 bits per heavy atom. The highest BCUT2D eigenvalue weighted by atomic mass is 16.7. The molecule has 6 heteroatoms. The van der Waals surface area contributed by atoms with Gasteiger partial charge >= 0.3 is 0 Å². The highest BCUT2D eigenvalue weighted by Gasteiger charge is 2.46. The first-order valence-electron chi connectivity index (χ1n) is 12.4. The molecule has 2 amide bonds. The molecule has 0 spiro atoms. The van der Waals surface area contributed by atoms with Gasteiger partial charge in [0.25, 0.3) is 11.8 Å². The lowest BCUT2D eigenvalue weighted by Crippen LogP contribution is -2.46. The molecule has 2 aliphatic heterocycles. The third-order valence-electron chi connectivity index (χ3n) is 7.44. The molecule has 0 radical (unpaired) electrons. The Balaban J connectivity index is 1.20. The topological polar surface area (TPSA) is 62.2 Å². The highest BCUT2D eigenvalue weighted by Crippen LogP contribution is 2.33. The number of piperidine rings is 1. The quantitative estimate of drug-likeness (QED) is 0.648. The van der Waals surface area contributed by atoms with E-state index in [0.29, 0.717) is 23.9 Å². The second-order valence-electron chi connectivity index (χ2n) is 10.2. The molecule has 2 heterocycles. The van der Waals surface area contributed by atoms with Crippen molar-refractivity contribution < 1.29 is 14.4 Å². The maximum absolute atomic E-state index is 13.2. The van der Waals surface area contributed by atoms with E-state index in [1.807, 2.05) is 42.3 Å². The van der Waals surface area contributed by atoms with Gasteiger partial charge in [0.05, 0.1) is 5.71 Å². The molecule has 3 aliphatic rings. The fraction of sp³-hybridized carbons (Fsp3) is 0.464. The van der Waals surface area contributed by atoms with Crippen LogP contribution in [-0.2, 0) is 16.1 Å². The number of benzene rings is 2. The van der Waals surface area contributed by atoms with E-state index in [1.165, 1.54) is 5.56 Å². The smallest absolute Gasteiger partial charge is 0.269 e. The minimum Gasteiger partial charge on any atom is -0.379 e. The van der Waals surface area contributed by atoms with Gasteiger partial charge in [-0.3, -0.25) is 9.59 Å². The van der Waals surface area contributed by atoms with Crippen LogP contribution in [0.4, 0.5) is 0 Å². The SMILES string of the molecule is CN(C(=O)C1(C)CC(c2cccc(C(=O)N3CCC(Cc4ccccc4)CC3)c2)=NO1)C1CC1. The van der Waals surface area contributed by atoms with Gasteiger partial charge < -0.3 is 14.6 Å². The molecule has 1 unspecified atom stereocenters. The van der Waals surface area contributed by atoms with Gasteiger partial charge in [-0.15, -0.1) is 0 Å². The van der Waals surface area contributed by atoms with Crippen molar-refractivity contribution in [3.8, 4) is 0 Å². The van der Waals surface area contributed by atoms with Crippen molar-refractivity contribution in [2.75, 3.05) is 20.1 Å². The normalized spacial score (nSPS) is 22.8. The Bertz CT molecular complexity index is 1090. The minimum atomic E-state index is -0.979. The summed E-state index contributed by atoms with van der Waals surface area (Å²) in [6, 6.07) is 18.5. The summed E-state index contributed by atoms with van der Waals surface area (Å²) in [7, 11) is 1.84. The molecule has 2 aromatic rings. The van der Waals surface area contributed by atoms with Gasteiger partial charge in [0, 0.05) is 43.7 Å². The number of likely N-dealkylation sites (tertiary alicyclic amines) is 1. The summed E-state index contributed by atoms with van der Waals surface area (Å²) in [5.74, 6) is 0.651. The molecular formula is C28H33N3O3. The van der Waals surface area contributed by atoms with E-state index in [-0.39, 0.29) is 11.8 Å².